The van der Waals surface area contributed by atoms with Crippen molar-refractivity contribution in [3.8, 4) is 5.75 Å². The Bertz CT molecular complexity index is 1350. The molecule has 0 spiro atoms. The zero-order chi connectivity index (χ0) is 25.2. The van der Waals surface area contributed by atoms with Gasteiger partial charge in [-0.05, 0) is 47.9 Å². The van der Waals surface area contributed by atoms with Crippen LogP contribution in [0.25, 0.3) is 0 Å². The summed E-state index contributed by atoms with van der Waals surface area (Å²) < 4.78 is 34.3. The number of rotatable bonds is 9. The lowest BCUT2D eigenvalue weighted by molar-refractivity contribution is -0.138. The SMILES string of the molecule is NC(=O)c1cccc(OC2(c3ccccc3)CN(S(=O)(=O)c3cccc(CC(N)C(=O)O)c3)C2)c1. The molecule has 0 aliphatic carbocycles. The number of sulfonamides is 1. The Kier molecular flexibility index (Phi) is 6.62. The molecule has 182 valence electrons. The van der Waals surface area contributed by atoms with E-state index in [1.54, 1.807) is 30.3 Å². The van der Waals surface area contributed by atoms with Gasteiger partial charge in [-0.15, -0.1) is 0 Å². The van der Waals surface area contributed by atoms with E-state index in [0.29, 0.717) is 11.3 Å². The monoisotopic (exact) mass is 495 g/mol. The molecule has 35 heavy (non-hydrogen) atoms. The maximum Gasteiger partial charge on any atom is 0.320 e. The van der Waals surface area contributed by atoms with Crippen LogP contribution >= 0.6 is 0 Å². The van der Waals surface area contributed by atoms with E-state index >= 15 is 0 Å². The minimum atomic E-state index is -3.88. The van der Waals surface area contributed by atoms with E-state index in [0.717, 1.165) is 5.56 Å². The molecule has 1 unspecified atom stereocenters. The van der Waals surface area contributed by atoms with Crippen LogP contribution in [0.3, 0.4) is 0 Å². The molecule has 0 radical (unpaired) electrons. The van der Waals surface area contributed by atoms with Crippen LogP contribution < -0.4 is 16.2 Å². The zero-order valence-corrected chi connectivity index (χ0v) is 19.5. The number of amides is 1. The molecule has 1 heterocycles. The normalized spacial score (nSPS) is 16.1. The first-order chi connectivity index (χ1) is 16.6. The van der Waals surface area contributed by atoms with Crippen LogP contribution in [-0.4, -0.2) is 48.8 Å². The fraction of sp³-hybridized carbons (Fsp3) is 0.200. The van der Waals surface area contributed by atoms with Crippen LogP contribution in [0.5, 0.6) is 5.75 Å². The van der Waals surface area contributed by atoms with Gasteiger partial charge in [-0.25, -0.2) is 8.42 Å². The molecular formula is C25H25N3O6S. The third-order valence-corrected chi connectivity index (χ3v) is 7.69. The molecule has 0 aromatic heterocycles. The number of nitrogens with zero attached hydrogens (tertiary/aromatic N) is 1. The molecule has 9 nitrogen and oxygen atoms in total. The number of benzene rings is 3. The summed E-state index contributed by atoms with van der Waals surface area (Å²) in [6.07, 6.45) is 0.00591. The summed E-state index contributed by atoms with van der Waals surface area (Å²) in [7, 11) is -3.88. The van der Waals surface area contributed by atoms with E-state index in [1.165, 1.54) is 22.5 Å². The average Bonchev–Trinajstić information content (AvgIpc) is 2.82. The first-order valence-corrected chi connectivity index (χ1v) is 12.3. The number of nitrogens with two attached hydrogens (primary N) is 2. The number of hydrogen-bond acceptors (Lipinski definition) is 6. The van der Waals surface area contributed by atoms with Crippen molar-refractivity contribution in [3.63, 3.8) is 0 Å². The highest BCUT2D eigenvalue weighted by Gasteiger charge is 2.52. The Morgan fingerprint density at radius 3 is 2.34 bits per heavy atom. The van der Waals surface area contributed by atoms with Crippen LogP contribution in [0.2, 0.25) is 0 Å². The molecule has 3 aromatic rings. The van der Waals surface area contributed by atoms with Gasteiger partial charge in [-0.1, -0.05) is 48.5 Å². The quantitative estimate of drug-likeness (QED) is 0.408. The van der Waals surface area contributed by atoms with E-state index in [9.17, 15) is 18.0 Å². The number of ether oxygens (including phenoxy) is 1. The first-order valence-electron chi connectivity index (χ1n) is 10.8. The molecule has 1 aliphatic rings. The van der Waals surface area contributed by atoms with Crippen LogP contribution in [0.15, 0.2) is 83.8 Å². The standard InChI is InChI=1S/C25H25N3O6S/c26-22(24(30)31)13-17-6-4-11-21(12-17)35(32,33)28-15-25(16-28,19-8-2-1-3-9-19)34-20-10-5-7-18(14-20)23(27)29/h1-12,14,22H,13,15-16,26H2,(H2,27,29)(H,30,31). The van der Waals surface area contributed by atoms with Gasteiger partial charge in [0.25, 0.3) is 0 Å². The highest BCUT2D eigenvalue weighted by atomic mass is 32.2. The number of carbonyl (C=O) groups excluding carboxylic acids is 1. The fourth-order valence-corrected chi connectivity index (χ4v) is 5.61. The van der Waals surface area contributed by atoms with Gasteiger partial charge in [-0.2, -0.15) is 4.31 Å². The molecular weight excluding hydrogens is 470 g/mol. The van der Waals surface area contributed by atoms with Gasteiger partial charge in [0.1, 0.15) is 11.8 Å². The molecule has 5 N–H and O–H groups in total. The molecule has 1 saturated heterocycles. The maximum atomic E-state index is 13.4. The van der Waals surface area contributed by atoms with Crippen molar-refractivity contribution < 1.29 is 27.9 Å². The van der Waals surface area contributed by atoms with Crippen LogP contribution in [0.4, 0.5) is 0 Å². The smallest absolute Gasteiger partial charge is 0.320 e. The van der Waals surface area contributed by atoms with Crippen LogP contribution in [0, 0.1) is 0 Å². The van der Waals surface area contributed by atoms with E-state index < -0.39 is 33.5 Å². The molecule has 1 amide bonds. The predicted octanol–water partition coefficient (Wildman–Crippen LogP) is 1.72. The Labute approximate surface area is 203 Å². The third kappa shape index (κ3) is 5.04. The van der Waals surface area contributed by atoms with Crippen LogP contribution in [-0.2, 0) is 26.8 Å². The highest BCUT2D eigenvalue weighted by Crippen LogP contribution is 2.40. The molecule has 1 fully saturated rings. The van der Waals surface area contributed by atoms with Crippen molar-refractivity contribution in [1.29, 1.82) is 0 Å². The fourth-order valence-electron chi connectivity index (χ4n) is 4.00. The summed E-state index contributed by atoms with van der Waals surface area (Å²) in [5, 5.41) is 9.05. The highest BCUT2D eigenvalue weighted by molar-refractivity contribution is 7.89. The lowest BCUT2D eigenvalue weighted by Gasteiger charge is -2.48. The topological polar surface area (TPSA) is 153 Å². The summed E-state index contributed by atoms with van der Waals surface area (Å²) in [6.45, 7) is 0.0814. The Hall–Kier alpha value is -3.73. The summed E-state index contributed by atoms with van der Waals surface area (Å²) in [4.78, 5) is 22.7. The van der Waals surface area contributed by atoms with Crippen molar-refractivity contribution >= 4 is 21.9 Å². The van der Waals surface area contributed by atoms with E-state index in [1.807, 2.05) is 30.3 Å². The Balaban J connectivity index is 1.60. The second kappa shape index (κ2) is 9.49. The molecule has 4 rings (SSSR count). The maximum absolute atomic E-state index is 13.4. The van der Waals surface area contributed by atoms with Gasteiger partial charge >= 0.3 is 5.97 Å². The predicted molar refractivity (Wildman–Crippen MR) is 128 cm³/mol. The van der Waals surface area contributed by atoms with Crippen molar-refractivity contribution in [2.45, 2.75) is 23.0 Å². The number of carboxylic acids is 1. The number of carboxylic acid groups (broad SMARTS) is 1. The number of hydrogen-bond donors (Lipinski definition) is 3. The van der Waals surface area contributed by atoms with Gasteiger partial charge < -0.3 is 21.3 Å². The van der Waals surface area contributed by atoms with Gasteiger partial charge in [0.2, 0.25) is 15.9 Å². The second-order valence-electron chi connectivity index (χ2n) is 8.42. The van der Waals surface area contributed by atoms with Gasteiger partial charge in [0, 0.05) is 5.56 Å². The summed E-state index contributed by atoms with van der Waals surface area (Å²) in [5.41, 5.74) is 11.6. The van der Waals surface area contributed by atoms with Gasteiger partial charge in [0.05, 0.1) is 18.0 Å². The molecule has 10 heteroatoms. The van der Waals surface area contributed by atoms with Gasteiger partial charge in [0.15, 0.2) is 5.60 Å². The molecule has 3 aromatic carbocycles. The van der Waals surface area contributed by atoms with E-state index in [2.05, 4.69) is 0 Å². The summed E-state index contributed by atoms with van der Waals surface area (Å²) in [5.74, 6) is -1.36. The summed E-state index contributed by atoms with van der Waals surface area (Å²) >= 11 is 0. The largest absolute Gasteiger partial charge is 0.480 e. The Morgan fingerprint density at radius 1 is 1.00 bits per heavy atom. The molecule has 1 atom stereocenters. The van der Waals surface area contributed by atoms with Crippen molar-refractivity contribution in [1.82, 2.24) is 4.31 Å². The number of carbonyl (C=O) groups is 2. The second-order valence-corrected chi connectivity index (χ2v) is 10.4. The minimum Gasteiger partial charge on any atom is -0.480 e. The first kappa shape index (κ1) is 24.4. The molecule has 0 bridgehead atoms. The van der Waals surface area contributed by atoms with Gasteiger partial charge in [-0.3, -0.25) is 9.59 Å². The lowest BCUT2D eigenvalue weighted by atomic mass is 9.87. The van der Waals surface area contributed by atoms with Crippen molar-refractivity contribution in [2.75, 3.05) is 13.1 Å². The minimum absolute atomic E-state index is 0.00591. The van der Waals surface area contributed by atoms with Crippen molar-refractivity contribution in [3.05, 3.63) is 95.6 Å². The zero-order valence-electron chi connectivity index (χ0n) is 18.7. The number of primary amides is 1. The third-order valence-electron chi connectivity index (χ3n) is 5.90. The van der Waals surface area contributed by atoms with E-state index in [4.69, 9.17) is 21.3 Å². The molecule has 1 aliphatic heterocycles. The molecule has 0 saturated carbocycles. The van der Waals surface area contributed by atoms with E-state index in [-0.39, 0.29) is 30.0 Å². The lowest BCUT2D eigenvalue weighted by Crippen LogP contribution is -2.64. The Morgan fingerprint density at radius 2 is 1.69 bits per heavy atom. The summed E-state index contributed by atoms with van der Waals surface area (Å²) in [6, 6.07) is 20.7. The van der Waals surface area contributed by atoms with Crippen LogP contribution in [0.1, 0.15) is 21.5 Å². The van der Waals surface area contributed by atoms with Crippen molar-refractivity contribution in [2.24, 2.45) is 11.5 Å². The number of aliphatic carboxylic acids is 1. The average molecular weight is 496 g/mol.